The van der Waals surface area contributed by atoms with E-state index < -0.39 is 17.2 Å². The molecule has 0 aliphatic heterocycles. The normalized spacial score (nSPS) is 10.9. The van der Waals surface area contributed by atoms with Gasteiger partial charge >= 0.3 is 5.69 Å². The van der Waals surface area contributed by atoms with Crippen LogP contribution in [-0.2, 0) is 11.3 Å². The predicted molar refractivity (Wildman–Crippen MR) is 104 cm³/mol. The Hall–Kier alpha value is -3.20. The first-order chi connectivity index (χ1) is 12.9. The Morgan fingerprint density at radius 1 is 1.22 bits per heavy atom. The van der Waals surface area contributed by atoms with Crippen molar-refractivity contribution < 1.29 is 9.59 Å². The zero-order valence-electron chi connectivity index (χ0n) is 14.6. The number of carbonyl (C=O) groups excluding carboxylic acids is 2. The third-order valence-corrected chi connectivity index (χ3v) is 5.32. The summed E-state index contributed by atoms with van der Waals surface area (Å²) in [5, 5.41) is 3.08. The number of fused-ring (bicyclic) bond motifs is 1. The van der Waals surface area contributed by atoms with Gasteiger partial charge in [-0.15, -0.1) is 11.3 Å². The smallest absolute Gasteiger partial charge is 0.329 e. The fraction of sp³-hybridized carbons (Fsp3) is 0.222. The molecule has 0 fully saturated rings. The number of hydrogen-bond donors (Lipinski definition) is 3. The number of nitrogens with two attached hydrogens (primary N) is 1. The molecular weight excluding hydrogens is 368 g/mol. The SMILES string of the molecule is Cc1c(C(=O)Nc2ccccc2)sc2[nH]c(=O)n(CCCC(N)=O)c(=O)c12. The van der Waals surface area contributed by atoms with Crippen LogP contribution in [0.4, 0.5) is 5.69 Å². The molecule has 1 aromatic carbocycles. The highest BCUT2D eigenvalue weighted by Crippen LogP contribution is 2.27. The highest BCUT2D eigenvalue weighted by molar-refractivity contribution is 7.20. The first-order valence-corrected chi connectivity index (χ1v) is 9.11. The zero-order chi connectivity index (χ0) is 19.6. The number of nitrogens with one attached hydrogen (secondary N) is 2. The van der Waals surface area contributed by atoms with Gasteiger partial charge in [-0.25, -0.2) is 4.79 Å². The molecule has 0 bridgehead atoms. The average molecular weight is 386 g/mol. The van der Waals surface area contributed by atoms with Gasteiger partial charge in [0, 0.05) is 18.7 Å². The van der Waals surface area contributed by atoms with E-state index in [4.69, 9.17) is 5.73 Å². The number of amides is 2. The fourth-order valence-electron chi connectivity index (χ4n) is 2.79. The number of aromatic amines is 1. The number of carbonyl (C=O) groups is 2. The van der Waals surface area contributed by atoms with Crippen molar-refractivity contribution in [2.24, 2.45) is 5.73 Å². The van der Waals surface area contributed by atoms with E-state index in [1.165, 1.54) is 0 Å². The van der Waals surface area contributed by atoms with Crippen molar-refractivity contribution >= 4 is 39.1 Å². The van der Waals surface area contributed by atoms with Gasteiger partial charge in [-0.05, 0) is 31.0 Å². The van der Waals surface area contributed by atoms with Crippen LogP contribution in [0.1, 0.15) is 28.1 Å². The summed E-state index contributed by atoms with van der Waals surface area (Å²) >= 11 is 1.06. The summed E-state index contributed by atoms with van der Waals surface area (Å²) in [5.41, 5.74) is 5.18. The predicted octanol–water partition coefficient (Wildman–Crippen LogP) is 1.58. The largest absolute Gasteiger partial charge is 0.370 e. The monoisotopic (exact) mass is 386 g/mol. The molecular formula is C18H18N4O4S. The van der Waals surface area contributed by atoms with E-state index >= 15 is 0 Å². The minimum atomic E-state index is -0.576. The first-order valence-electron chi connectivity index (χ1n) is 8.29. The Morgan fingerprint density at radius 2 is 1.93 bits per heavy atom. The van der Waals surface area contributed by atoms with Crippen molar-refractivity contribution in [1.29, 1.82) is 0 Å². The molecule has 2 aromatic heterocycles. The molecule has 0 aliphatic rings. The molecule has 9 heteroatoms. The molecule has 0 saturated heterocycles. The van der Waals surface area contributed by atoms with Crippen LogP contribution in [0.2, 0.25) is 0 Å². The van der Waals surface area contributed by atoms with Crippen LogP contribution in [0, 0.1) is 6.92 Å². The molecule has 140 valence electrons. The van der Waals surface area contributed by atoms with Crippen LogP contribution < -0.4 is 22.3 Å². The van der Waals surface area contributed by atoms with Crippen molar-refractivity contribution in [3.05, 3.63) is 61.6 Å². The second-order valence-electron chi connectivity index (χ2n) is 6.04. The molecule has 0 aliphatic carbocycles. The van der Waals surface area contributed by atoms with Gasteiger partial charge in [0.05, 0.1) is 10.3 Å². The topological polar surface area (TPSA) is 127 Å². The maximum absolute atomic E-state index is 12.7. The van der Waals surface area contributed by atoms with Gasteiger partial charge in [0.25, 0.3) is 11.5 Å². The number of benzene rings is 1. The quantitative estimate of drug-likeness (QED) is 0.594. The maximum Gasteiger partial charge on any atom is 0.329 e. The van der Waals surface area contributed by atoms with Gasteiger partial charge in [-0.1, -0.05) is 18.2 Å². The highest BCUT2D eigenvalue weighted by Gasteiger charge is 2.20. The number of para-hydroxylation sites is 1. The lowest BCUT2D eigenvalue weighted by Crippen LogP contribution is -2.35. The Labute approximate surface area is 157 Å². The molecule has 2 amide bonds. The summed E-state index contributed by atoms with van der Waals surface area (Å²) in [6, 6.07) is 8.96. The van der Waals surface area contributed by atoms with E-state index in [-0.39, 0.29) is 25.3 Å². The highest BCUT2D eigenvalue weighted by atomic mass is 32.1. The maximum atomic E-state index is 12.7. The number of anilines is 1. The second kappa shape index (κ2) is 7.58. The molecule has 0 radical (unpaired) electrons. The lowest BCUT2D eigenvalue weighted by molar-refractivity contribution is -0.118. The minimum Gasteiger partial charge on any atom is -0.370 e. The Morgan fingerprint density at radius 3 is 2.59 bits per heavy atom. The van der Waals surface area contributed by atoms with Crippen LogP contribution in [0.25, 0.3) is 10.2 Å². The molecule has 4 N–H and O–H groups in total. The summed E-state index contributed by atoms with van der Waals surface area (Å²) in [5.74, 6) is -0.840. The number of nitrogens with zero attached hydrogens (tertiary/aromatic N) is 1. The molecule has 8 nitrogen and oxygen atoms in total. The lowest BCUT2D eigenvalue weighted by Gasteiger charge is -2.04. The Kier molecular flexibility index (Phi) is 5.22. The summed E-state index contributed by atoms with van der Waals surface area (Å²) < 4.78 is 1.03. The molecule has 0 atom stereocenters. The van der Waals surface area contributed by atoms with E-state index in [9.17, 15) is 19.2 Å². The number of primary amides is 1. The first kappa shape index (κ1) is 18.6. The van der Waals surface area contributed by atoms with Gasteiger partial charge < -0.3 is 11.1 Å². The number of aryl methyl sites for hydroxylation is 1. The third kappa shape index (κ3) is 3.82. The fourth-order valence-corrected chi connectivity index (χ4v) is 3.88. The Bertz CT molecular complexity index is 1130. The summed E-state index contributed by atoms with van der Waals surface area (Å²) in [7, 11) is 0. The molecule has 3 rings (SSSR count). The minimum absolute atomic E-state index is 0.0773. The molecule has 2 heterocycles. The molecule has 3 aromatic rings. The second-order valence-corrected chi connectivity index (χ2v) is 7.06. The van der Waals surface area contributed by atoms with Gasteiger partial charge in [0.15, 0.2) is 0 Å². The molecule has 0 spiro atoms. The molecule has 0 saturated carbocycles. The number of aromatic nitrogens is 2. The average Bonchev–Trinajstić information content (AvgIpc) is 2.95. The molecule has 27 heavy (non-hydrogen) atoms. The van der Waals surface area contributed by atoms with Crippen molar-refractivity contribution in [2.75, 3.05) is 5.32 Å². The number of hydrogen-bond acceptors (Lipinski definition) is 5. The number of H-pyrrole nitrogens is 1. The van der Waals surface area contributed by atoms with Crippen molar-refractivity contribution in [3.8, 4) is 0 Å². The van der Waals surface area contributed by atoms with E-state index in [1.54, 1.807) is 31.2 Å². The van der Waals surface area contributed by atoms with Crippen LogP contribution >= 0.6 is 11.3 Å². The molecule has 0 unspecified atom stereocenters. The van der Waals surface area contributed by atoms with Gasteiger partial charge in [-0.2, -0.15) is 0 Å². The van der Waals surface area contributed by atoms with Crippen molar-refractivity contribution in [3.63, 3.8) is 0 Å². The van der Waals surface area contributed by atoms with E-state index in [0.29, 0.717) is 26.3 Å². The summed E-state index contributed by atoms with van der Waals surface area (Å²) in [6.45, 7) is 1.75. The van der Waals surface area contributed by atoms with E-state index in [1.807, 2.05) is 6.07 Å². The van der Waals surface area contributed by atoms with Crippen LogP contribution in [-0.4, -0.2) is 21.4 Å². The van der Waals surface area contributed by atoms with Gasteiger partial charge in [0.1, 0.15) is 4.83 Å². The number of thiophene rings is 1. The van der Waals surface area contributed by atoms with Crippen LogP contribution in [0.15, 0.2) is 39.9 Å². The van der Waals surface area contributed by atoms with E-state index in [0.717, 1.165) is 15.9 Å². The summed E-state index contributed by atoms with van der Waals surface area (Å²) in [6.07, 6.45) is 0.367. The van der Waals surface area contributed by atoms with Crippen LogP contribution in [0.3, 0.4) is 0 Å². The zero-order valence-corrected chi connectivity index (χ0v) is 15.4. The van der Waals surface area contributed by atoms with Crippen molar-refractivity contribution in [1.82, 2.24) is 9.55 Å². The van der Waals surface area contributed by atoms with Gasteiger partial charge in [0.2, 0.25) is 5.91 Å². The lowest BCUT2D eigenvalue weighted by atomic mass is 10.2. The van der Waals surface area contributed by atoms with Gasteiger partial charge in [-0.3, -0.25) is 23.9 Å². The standard InChI is InChI=1S/C18H18N4O4S/c1-10-13-16(21-18(26)22(17(13)25)9-5-8-12(19)23)27-14(10)15(24)20-11-6-3-2-4-7-11/h2-4,6-7H,5,8-9H2,1H3,(H2,19,23)(H,20,24)(H,21,26). The third-order valence-electron chi connectivity index (χ3n) is 4.11. The number of rotatable bonds is 6. The van der Waals surface area contributed by atoms with E-state index in [2.05, 4.69) is 10.3 Å². The van der Waals surface area contributed by atoms with Crippen LogP contribution in [0.5, 0.6) is 0 Å². The summed E-state index contributed by atoms with van der Waals surface area (Å²) in [4.78, 5) is 51.7. The Balaban J connectivity index is 1.98. The van der Waals surface area contributed by atoms with Crippen molar-refractivity contribution in [2.45, 2.75) is 26.3 Å².